The van der Waals surface area contributed by atoms with Gasteiger partial charge in [0.25, 0.3) is 5.91 Å². The van der Waals surface area contributed by atoms with E-state index in [-0.39, 0.29) is 18.1 Å². The molecule has 0 spiro atoms. The molecule has 3 rings (SSSR count). The lowest BCUT2D eigenvalue weighted by molar-refractivity contribution is -0.274. The third kappa shape index (κ3) is 3.74. The molecule has 0 saturated heterocycles. The molecule has 1 atom stereocenters. The fourth-order valence-corrected chi connectivity index (χ4v) is 2.39. The number of hydrogen-bond donors (Lipinski definition) is 0. The van der Waals surface area contributed by atoms with E-state index in [1.54, 1.807) is 30.6 Å². The van der Waals surface area contributed by atoms with Crippen molar-refractivity contribution in [3.63, 3.8) is 0 Å². The van der Waals surface area contributed by atoms with Gasteiger partial charge in [0.2, 0.25) is 0 Å². The quantitative estimate of drug-likeness (QED) is 0.866. The van der Waals surface area contributed by atoms with Crippen molar-refractivity contribution in [1.82, 2.24) is 4.98 Å². The van der Waals surface area contributed by atoms with Crippen LogP contribution in [-0.2, 0) is 11.2 Å². The highest BCUT2D eigenvalue weighted by atomic mass is 19.4. The second-order valence-electron chi connectivity index (χ2n) is 5.06. The zero-order valence-electron chi connectivity index (χ0n) is 11.7. The number of fused-ring (bicyclic) bond motifs is 1. The normalized spacial score (nSPS) is 17.0. The van der Waals surface area contributed by atoms with E-state index in [0.717, 1.165) is 5.22 Å². The third-order valence-electron chi connectivity index (χ3n) is 3.34. The lowest BCUT2D eigenvalue weighted by Crippen LogP contribution is -2.34. The van der Waals surface area contributed by atoms with E-state index < -0.39 is 12.3 Å². The van der Waals surface area contributed by atoms with Crippen molar-refractivity contribution in [2.24, 2.45) is 10.9 Å². The fourth-order valence-electron chi connectivity index (χ4n) is 2.39. The van der Waals surface area contributed by atoms with Crippen LogP contribution >= 0.6 is 0 Å². The maximum Gasteiger partial charge on any atom is 0.573 e. The Bertz CT molecular complexity index is 862. The molecule has 0 N–H and O–H groups in total. The van der Waals surface area contributed by atoms with Crippen LogP contribution in [0.5, 0.6) is 5.75 Å². The van der Waals surface area contributed by atoms with E-state index in [0.29, 0.717) is 10.9 Å². The molecule has 0 fully saturated rings. The molecule has 1 aromatic heterocycles. The first-order valence-corrected chi connectivity index (χ1v) is 6.80. The van der Waals surface area contributed by atoms with Gasteiger partial charge in [0, 0.05) is 17.6 Å². The Hall–Kier alpha value is -2.70. The molecule has 0 bridgehead atoms. The Morgan fingerprint density at radius 1 is 1.22 bits per heavy atom. The van der Waals surface area contributed by atoms with Gasteiger partial charge in [-0.2, -0.15) is 0 Å². The Kier molecular flexibility index (Phi) is 3.85. The van der Waals surface area contributed by atoms with Gasteiger partial charge in [-0.25, -0.2) is 4.99 Å². The highest BCUT2D eigenvalue weighted by Gasteiger charge is 2.31. The molecular weight excluding hydrogens is 309 g/mol. The average Bonchev–Trinajstić information content (AvgIpc) is 2.46. The molecule has 23 heavy (non-hydrogen) atoms. The first-order chi connectivity index (χ1) is 10.9. The molecule has 1 aliphatic rings. The van der Waals surface area contributed by atoms with Crippen LogP contribution in [0.1, 0.15) is 5.56 Å². The first-order valence-electron chi connectivity index (χ1n) is 6.80. The number of aromatic nitrogens is 1. The highest BCUT2D eigenvalue weighted by molar-refractivity contribution is 5.86. The average molecular weight is 320 g/mol. The van der Waals surface area contributed by atoms with Crippen molar-refractivity contribution in [1.29, 1.82) is 0 Å². The summed E-state index contributed by atoms with van der Waals surface area (Å²) in [7, 11) is 0. The maximum absolute atomic E-state index is 12.3. The van der Waals surface area contributed by atoms with Gasteiger partial charge < -0.3 is 4.74 Å². The Balaban J connectivity index is 1.84. The molecule has 118 valence electrons. The van der Waals surface area contributed by atoms with E-state index in [1.807, 2.05) is 0 Å². The first kappa shape index (κ1) is 15.2. The summed E-state index contributed by atoms with van der Waals surface area (Å²) in [5.41, 5.74) is 0.559. The Morgan fingerprint density at radius 2 is 2.04 bits per heavy atom. The van der Waals surface area contributed by atoms with Gasteiger partial charge in [-0.05, 0) is 30.2 Å². The maximum atomic E-state index is 12.3. The number of ether oxygens (including phenoxy) is 1. The number of halogens is 3. The predicted molar refractivity (Wildman–Crippen MR) is 74.8 cm³/mol. The van der Waals surface area contributed by atoms with Crippen LogP contribution in [-0.4, -0.2) is 17.3 Å². The molecule has 1 unspecified atom stereocenters. The van der Waals surface area contributed by atoms with Crippen LogP contribution in [0.4, 0.5) is 13.2 Å². The number of alkyl halides is 3. The molecule has 2 heterocycles. The summed E-state index contributed by atoms with van der Waals surface area (Å²) in [4.78, 5) is 20.0. The van der Waals surface area contributed by atoms with Crippen LogP contribution in [0.25, 0.3) is 6.08 Å². The summed E-state index contributed by atoms with van der Waals surface area (Å²) in [6.07, 6.45) is 0.370. The fraction of sp³-hybridized carbons (Fsp3) is 0.188. The molecular formula is C16H11F3N2O2. The third-order valence-corrected chi connectivity index (χ3v) is 3.34. The van der Waals surface area contributed by atoms with E-state index in [1.165, 1.54) is 18.2 Å². The minimum Gasteiger partial charge on any atom is -0.406 e. The van der Waals surface area contributed by atoms with Crippen molar-refractivity contribution in [3.05, 3.63) is 58.9 Å². The standard InChI is InChI=1S/C16H11F3N2O2/c17-16(18,19)23-13-3-1-2-10(7-13)6-11-8-12-9-20-5-4-14(12)21-15(11)22/h1-5,7-9,11H,6H2. The van der Waals surface area contributed by atoms with Gasteiger partial charge in [-0.15, -0.1) is 13.2 Å². The van der Waals surface area contributed by atoms with Crippen molar-refractivity contribution in [2.75, 3.05) is 0 Å². The lowest BCUT2D eigenvalue weighted by Gasteiger charge is -2.13. The molecule has 2 aromatic rings. The second-order valence-corrected chi connectivity index (χ2v) is 5.06. The van der Waals surface area contributed by atoms with Gasteiger partial charge in [-0.3, -0.25) is 9.78 Å². The van der Waals surface area contributed by atoms with Crippen molar-refractivity contribution in [3.8, 4) is 5.75 Å². The van der Waals surface area contributed by atoms with Crippen LogP contribution in [0, 0.1) is 5.92 Å². The molecule has 1 amide bonds. The lowest BCUT2D eigenvalue weighted by atomic mass is 9.96. The van der Waals surface area contributed by atoms with Crippen LogP contribution in [0.3, 0.4) is 0 Å². The van der Waals surface area contributed by atoms with E-state index >= 15 is 0 Å². The number of carbonyl (C=O) groups is 1. The zero-order valence-corrected chi connectivity index (χ0v) is 11.7. The summed E-state index contributed by atoms with van der Waals surface area (Å²) in [6, 6.07) is 7.22. The van der Waals surface area contributed by atoms with Crippen LogP contribution in [0.15, 0.2) is 47.7 Å². The number of nitrogens with zero attached hydrogens (tertiary/aromatic N) is 2. The number of amides is 1. The van der Waals surface area contributed by atoms with Crippen LogP contribution < -0.4 is 15.3 Å². The second kappa shape index (κ2) is 5.83. The Labute approximate surface area is 129 Å². The van der Waals surface area contributed by atoms with Crippen LogP contribution in [0.2, 0.25) is 0 Å². The molecule has 0 radical (unpaired) electrons. The minimum absolute atomic E-state index is 0.242. The highest BCUT2D eigenvalue weighted by Crippen LogP contribution is 2.24. The number of hydrogen-bond acceptors (Lipinski definition) is 3. The number of rotatable bonds is 3. The summed E-state index contributed by atoms with van der Waals surface area (Å²) < 4.78 is 40.6. The topological polar surface area (TPSA) is 51.5 Å². The summed E-state index contributed by atoms with van der Waals surface area (Å²) in [5.74, 6) is -1.17. The monoisotopic (exact) mass is 320 g/mol. The van der Waals surface area contributed by atoms with Gasteiger partial charge in [0.1, 0.15) is 5.75 Å². The summed E-state index contributed by atoms with van der Waals surface area (Å²) in [5, 5.41) is 1.29. The van der Waals surface area contributed by atoms with Crippen molar-refractivity contribution >= 4 is 12.0 Å². The largest absolute Gasteiger partial charge is 0.573 e. The summed E-state index contributed by atoms with van der Waals surface area (Å²) >= 11 is 0. The van der Waals surface area contributed by atoms with Gasteiger partial charge in [-0.1, -0.05) is 18.2 Å². The van der Waals surface area contributed by atoms with Gasteiger partial charge >= 0.3 is 6.36 Å². The van der Waals surface area contributed by atoms with E-state index in [9.17, 15) is 18.0 Å². The SMILES string of the molecule is O=C1N=c2ccncc2=CC1Cc1cccc(OC(F)(F)F)c1. The van der Waals surface area contributed by atoms with Gasteiger partial charge in [0.05, 0.1) is 11.3 Å². The van der Waals surface area contributed by atoms with Gasteiger partial charge in [0.15, 0.2) is 0 Å². The number of pyridine rings is 1. The summed E-state index contributed by atoms with van der Waals surface area (Å²) in [6.45, 7) is 0. The van der Waals surface area contributed by atoms with Crippen molar-refractivity contribution < 1.29 is 22.7 Å². The molecule has 0 aliphatic carbocycles. The zero-order chi connectivity index (χ0) is 16.4. The molecule has 1 aromatic carbocycles. The molecule has 7 heteroatoms. The number of carbonyl (C=O) groups excluding carboxylic acids is 1. The molecule has 0 saturated carbocycles. The van der Waals surface area contributed by atoms with E-state index in [4.69, 9.17) is 0 Å². The molecule has 1 aliphatic heterocycles. The smallest absolute Gasteiger partial charge is 0.406 e. The number of benzene rings is 1. The molecule has 4 nitrogen and oxygen atoms in total. The predicted octanol–water partition coefficient (Wildman–Crippen LogP) is 1.78. The van der Waals surface area contributed by atoms with E-state index in [2.05, 4.69) is 14.7 Å². The van der Waals surface area contributed by atoms with Crippen molar-refractivity contribution in [2.45, 2.75) is 12.8 Å². The minimum atomic E-state index is -4.74. The Morgan fingerprint density at radius 3 is 2.83 bits per heavy atom.